The molecule has 0 bridgehead atoms. The zero-order chi connectivity index (χ0) is 20.1. The predicted octanol–water partition coefficient (Wildman–Crippen LogP) is 4.13. The van der Waals surface area contributed by atoms with Crippen molar-refractivity contribution in [3.05, 3.63) is 71.8 Å². The molecule has 0 saturated carbocycles. The lowest BCUT2D eigenvalue weighted by Crippen LogP contribution is -2.29. The third-order valence-corrected chi connectivity index (χ3v) is 3.62. The lowest BCUT2D eigenvalue weighted by Gasteiger charge is -2.20. The van der Waals surface area contributed by atoms with Gasteiger partial charge in [-0.2, -0.15) is 0 Å². The van der Waals surface area contributed by atoms with Gasteiger partial charge >= 0.3 is 5.97 Å². The van der Waals surface area contributed by atoms with Crippen LogP contribution in [0.4, 0.5) is 0 Å². The number of carbonyl (C=O) groups excluding carboxylic acids is 1. The van der Waals surface area contributed by atoms with Gasteiger partial charge in [-0.05, 0) is 24.2 Å². The normalized spacial score (nSPS) is 14.2. The van der Waals surface area contributed by atoms with Crippen LogP contribution in [0.2, 0.25) is 0 Å². The van der Waals surface area contributed by atoms with Crippen molar-refractivity contribution in [2.45, 2.75) is 19.8 Å². The van der Waals surface area contributed by atoms with Crippen LogP contribution >= 0.6 is 12.4 Å². The van der Waals surface area contributed by atoms with Crippen molar-refractivity contribution in [1.29, 1.82) is 0 Å². The van der Waals surface area contributed by atoms with E-state index in [4.69, 9.17) is 10.2 Å². The topological polar surface area (TPSA) is 29.5 Å². The molecule has 3 nitrogen and oxygen atoms in total. The predicted molar refractivity (Wildman–Crippen MR) is 101 cm³/mol. The van der Waals surface area contributed by atoms with Crippen molar-refractivity contribution < 1.29 is 15.0 Å². The van der Waals surface area contributed by atoms with E-state index in [1.165, 1.54) is 4.90 Å². The SMILES string of the molecule is Cl.[2H]C([2H])(OC(=O)C(c1ccccc1)c1ccccc1)C([2H])([2H])N(CC)CC. The summed E-state index contributed by atoms with van der Waals surface area (Å²) in [6, 6.07) is 17.9. The van der Waals surface area contributed by atoms with Gasteiger partial charge in [0.15, 0.2) is 0 Å². The van der Waals surface area contributed by atoms with E-state index in [1.807, 2.05) is 12.1 Å². The van der Waals surface area contributed by atoms with Gasteiger partial charge in [-0.3, -0.25) is 4.79 Å². The second-order valence-corrected chi connectivity index (χ2v) is 5.06. The highest BCUT2D eigenvalue weighted by atomic mass is 35.5. The Kier molecular flexibility index (Phi) is 6.55. The smallest absolute Gasteiger partial charge is 0.317 e. The lowest BCUT2D eigenvalue weighted by atomic mass is 9.91. The molecule has 0 aliphatic rings. The Morgan fingerprint density at radius 1 is 1.00 bits per heavy atom. The fourth-order valence-corrected chi connectivity index (χ4v) is 2.33. The first-order valence-electron chi connectivity index (χ1n) is 9.82. The van der Waals surface area contributed by atoms with Crippen molar-refractivity contribution in [3.8, 4) is 0 Å². The van der Waals surface area contributed by atoms with Gasteiger partial charge in [0.05, 0.1) is 2.74 Å². The fraction of sp³-hybridized carbons (Fsp3) is 0.350. The van der Waals surface area contributed by atoms with Crippen molar-refractivity contribution in [3.63, 3.8) is 0 Å². The molecule has 0 N–H and O–H groups in total. The van der Waals surface area contributed by atoms with Crippen molar-refractivity contribution in [2.24, 2.45) is 0 Å². The summed E-state index contributed by atoms with van der Waals surface area (Å²) in [7, 11) is 0. The number of carbonyl (C=O) groups is 1. The molecule has 4 heteroatoms. The van der Waals surface area contributed by atoms with Crippen LogP contribution in [0.5, 0.6) is 0 Å². The van der Waals surface area contributed by atoms with Gasteiger partial charge in [0.25, 0.3) is 0 Å². The minimum atomic E-state index is -2.81. The van der Waals surface area contributed by atoms with Gasteiger partial charge in [-0.25, -0.2) is 0 Å². The minimum absolute atomic E-state index is 0. The van der Waals surface area contributed by atoms with Crippen molar-refractivity contribution >= 4 is 18.4 Å². The Labute approximate surface area is 156 Å². The van der Waals surface area contributed by atoms with Gasteiger partial charge in [0, 0.05) is 9.24 Å². The molecule has 2 aromatic rings. The number of ether oxygens (including phenoxy) is 1. The Morgan fingerprint density at radius 2 is 1.46 bits per heavy atom. The number of halogens is 1. The first-order valence-corrected chi connectivity index (χ1v) is 7.82. The molecule has 0 saturated heterocycles. The highest BCUT2D eigenvalue weighted by Crippen LogP contribution is 2.25. The monoisotopic (exact) mass is 351 g/mol. The third-order valence-electron chi connectivity index (χ3n) is 3.62. The molecule has 0 aliphatic carbocycles. The summed E-state index contributed by atoms with van der Waals surface area (Å²) in [5.74, 6) is -1.66. The van der Waals surface area contributed by atoms with Crippen LogP contribution < -0.4 is 0 Å². The number of nitrogens with zero attached hydrogens (tertiary/aromatic N) is 1. The fourth-order valence-electron chi connectivity index (χ4n) is 2.33. The maximum atomic E-state index is 13.0. The van der Waals surface area contributed by atoms with Gasteiger partial charge < -0.3 is 9.64 Å². The number of rotatable bonds is 8. The van der Waals surface area contributed by atoms with Crippen LogP contribution in [0, 0.1) is 0 Å². The number of likely N-dealkylation sites (N-methyl/N-ethyl adjacent to an activating group) is 1. The van der Waals surface area contributed by atoms with Crippen LogP contribution in [0.25, 0.3) is 0 Å². The van der Waals surface area contributed by atoms with Crippen molar-refractivity contribution in [1.82, 2.24) is 4.90 Å². The quantitative estimate of drug-likeness (QED) is 0.670. The Hall–Kier alpha value is -1.84. The molecule has 0 aliphatic heterocycles. The van der Waals surface area contributed by atoms with E-state index in [2.05, 4.69) is 0 Å². The van der Waals surface area contributed by atoms with E-state index in [0.29, 0.717) is 24.2 Å². The Balaban J connectivity index is 0.00000392. The van der Waals surface area contributed by atoms with Crippen LogP contribution in [0.3, 0.4) is 0 Å². The summed E-state index contributed by atoms with van der Waals surface area (Å²) < 4.78 is 37.7. The Bertz CT molecular complexity index is 701. The van der Waals surface area contributed by atoms with E-state index in [-0.39, 0.29) is 12.4 Å². The lowest BCUT2D eigenvalue weighted by molar-refractivity contribution is -0.144. The van der Waals surface area contributed by atoms with Crippen LogP contribution in [0.1, 0.15) is 36.4 Å². The van der Waals surface area contributed by atoms with Crippen molar-refractivity contribution in [2.75, 3.05) is 26.1 Å². The molecule has 2 aromatic carbocycles. The second-order valence-electron chi connectivity index (χ2n) is 5.06. The molecule has 0 aromatic heterocycles. The highest BCUT2D eigenvalue weighted by Gasteiger charge is 2.24. The summed E-state index contributed by atoms with van der Waals surface area (Å²) in [5, 5.41) is 0. The summed E-state index contributed by atoms with van der Waals surface area (Å²) in [4.78, 5) is 14.3. The molecule has 130 valence electrons. The second kappa shape index (κ2) is 10.8. The van der Waals surface area contributed by atoms with Gasteiger partial charge in [-0.1, -0.05) is 74.5 Å². The van der Waals surface area contributed by atoms with E-state index in [0.717, 1.165) is 0 Å². The third kappa shape index (κ3) is 5.66. The van der Waals surface area contributed by atoms with E-state index in [1.54, 1.807) is 62.4 Å². The molecule has 0 unspecified atom stereocenters. The molecule has 0 atom stereocenters. The van der Waals surface area contributed by atoms with Crippen LogP contribution in [-0.4, -0.2) is 37.0 Å². The number of benzene rings is 2. The van der Waals surface area contributed by atoms with Gasteiger partial charge in [0.1, 0.15) is 12.5 Å². The maximum absolute atomic E-state index is 13.0. The first kappa shape index (κ1) is 14.5. The molecule has 2 rings (SSSR count). The highest BCUT2D eigenvalue weighted by molar-refractivity contribution is 5.85. The first-order chi connectivity index (χ1) is 12.7. The molecule has 0 spiro atoms. The van der Waals surface area contributed by atoms with Gasteiger partial charge in [0.2, 0.25) is 0 Å². The number of esters is 1. The molecular weight excluding hydrogens is 322 g/mol. The zero-order valence-electron chi connectivity index (χ0n) is 17.9. The summed E-state index contributed by atoms with van der Waals surface area (Å²) >= 11 is 0. The summed E-state index contributed by atoms with van der Waals surface area (Å²) in [6.45, 7) is -1.21. The van der Waals surface area contributed by atoms with E-state index >= 15 is 0 Å². The summed E-state index contributed by atoms with van der Waals surface area (Å²) in [5.41, 5.74) is 1.32. The molecule has 0 radical (unpaired) electrons. The zero-order valence-corrected chi connectivity index (χ0v) is 14.8. The minimum Gasteiger partial charge on any atom is -0.464 e. The average molecular weight is 352 g/mol. The largest absolute Gasteiger partial charge is 0.464 e. The molecule has 0 fully saturated rings. The average Bonchev–Trinajstić information content (AvgIpc) is 2.64. The molecule has 24 heavy (non-hydrogen) atoms. The summed E-state index contributed by atoms with van der Waals surface area (Å²) in [6.07, 6.45) is 0. The molecule has 0 amide bonds. The number of hydrogen-bond acceptors (Lipinski definition) is 3. The molecular formula is C20H26ClNO2. The van der Waals surface area contributed by atoms with E-state index < -0.39 is 24.9 Å². The van der Waals surface area contributed by atoms with Crippen LogP contribution in [-0.2, 0) is 9.53 Å². The molecule has 0 heterocycles. The van der Waals surface area contributed by atoms with Gasteiger partial charge in [-0.15, -0.1) is 12.4 Å². The standard InChI is InChI=1S/C20H25NO2.ClH/c1-3-21(4-2)15-16-23-20(22)19(17-11-7-5-8-12-17)18-13-9-6-10-14-18;/h5-14,19H,3-4,15-16H2,1-2H3;1H/i15D2,16D2;. The number of hydrogen-bond donors (Lipinski definition) is 0. The van der Waals surface area contributed by atoms with E-state index in [9.17, 15) is 4.79 Å². The Morgan fingerprint density at radius 3 is 1.88 bits per heavy atom. The maximum Gasteiger partial charge on any atom is 0.317 e. The van der Waals surface area contributed by atoms with Crippen LogP contribution in [0.15, 0.2) is 60.7 Å².